The Kier molecular flexibility index (Phi) is 4.30. The number of benzene rings is 1. The van der Waals surface area contributed by atoms with Gasteiger partial charge in [-0.05, 0) is 25.0 Å². The van der Waals surface area contributed by atoms with E-state index in [9.17, 15) is 0 Å². The molecule has 1 aromatic carbocycles. The number of ether oxygens (including phenoxy) is 1. The number of para-hydroxylation sites is 1. The van der Waals surface area contributed by atoms with E-state index in [1.165, 1.54) is 0 Å². The van der Waals surface area contributed by atoms with Gasteiger partial charge in [0, 0.05) is 25.4 Å². The molecule has 19 heavy (non-hydrogen) atoms. The first-order valence-electron chi connectivity index (χ1n) is 6.13. The number of hydrogen-bond donors (Lipinski definition) is 2. The lowest BCUT2D eigenvalue weighted by atomic mass is 10.1. The number of aliphatic hydroxyl groups is 1. The molecule has 0 aliphatic carbocycles. The summed E-state index contributed by atoms with van der Waals surface area (Å²) in [5.41, 5.74) is 1.78. The number of aromatic nitrogens is 2. The van der Waals surface area contributed by atoms with Crippen molar-refractivity contribution in [3.05, 3.63) is 41.6 Å². The molecule has 0 atom stereocenters. The van der Waals surface area contributed by atoms with Gasteiger partial charge in [0.05, 0.1) is 0 Å². The molecule has 2 aromatic rings. The fourth-order valence-electron chi connectivity index (χ4n) is 1.75. The summed E-state index contributed by atoms with van der Waals surface area (Å²) in [4.78, 5) is 8.45. The molecular formula is C14H17N3O2. The number of rotatable bonds is 5. The summed E-state index contributed by atoms with van der Waals surface area (Å²) >= 11 is 0. The van der Waals surface area contributed by atoms with Crippen LogP contribution in [-0.2, 0) is 6.42 Å². The van der Waals surface area contributed by atoms with E-state index in [4.69, 9.17) is 9.84 Å². The van der Waals surface area contributed by atoms with E-state index >= 15 is 0 Å². The third kappa shape index (κ3) is 3.42. The van der Waals surface area contributed by atoms with E-state index in [1.807, 2.05) is 31.2 Å². The molecular weight excluding hydrogens is 242 g/mol. The number of anilines is 1. The Morgan fingerprint density at radius 3 is 2.79 bits per heavy atom. The summed E-state index contributed by atoms with van der Waals surface area (Å²) < 4.78 is 5.78. The van der Waals surface area contributed by atoms with Crippen LogP contribution in [-0.4, -0.2) is 28.7 Å². The van der Waals surface area contributed by atoms with Crippen LogP contribution < -0.4 is 10.1 Å². The summed E-state index contributed by atoms with van der Waals surface area (Å²) in [6, 6.07) is 9.38. The van der Waals surface area contributed by atoms with Gasteiger partial charge in [-0.3, -0.25) is 0 Å². The van der Waals surface area contributed by atoms with Gasteiger partial charge in [0.25, 0.3) is 0 Å². The second kappa shape index (κ2) is 6.15. The molecule has 5 heteroatoms. The highest BCUT2D eigenvalue weighted by atomic mass is 16.5. The summed E-state index contributed by atoms with van der Waals surface area (Å²) in [7, 11) is 1.76. The topological polar surface area (TPSA) is 67.3 Å². The molecule has 1 aromatic heterocycles. The Morgan fingerprint density at radius 2 is 2.05 bits per heavy atom. The third-order valence-electron chi connectivity index (χ3n) is 2.62. The van der Waals surface area contributed by atoms with Crippen molar-refractivity contribution in [3.8, 4) is 11.6 Å². The minimum Gasteiger partial charge on any atom is -0.439 e. The number of nitrogens with zero attached hydrogens (tertiary/aromatic N) is 2. The molecule has 0 radical (unpaired) electrons. The van der Waals surface area contributed by atoms with Crippen LogP contribution in [0.4, 0.5) is 5.95 Å². The van der Waals surface area contributed by atoms with Crippen molar-refractivity contribution in [1.29, 1.82) is 0 Å². The number of aliphatic hydroxyl groups excluding tert-OH is 1. The smallest absolute Gasteiger partial charge is 0.225 e. The molecule has 0 saturated heterocycles. The van der Waals surface area contributed by atoms with E-state index in [1.54, 1.807) is 13.1 Å². The Balaban J connectivity index is 2.28. The highest BCUT2D eigenvalue weighted by Crippen LogP contribution is 2.25. The Labute approximate surface area is 112 Å². The SMILES string of the molecule is CNc1nc(C)cc(Oc2ccccc2CCO)n1. The molecule has 0 fully saturated rings. The molecule has 0 spiro atoms. The van der Waals surface area contributed by atoms with Crippen LogP contribution in [0.15, 0.2) is 30.3 Å². The fraction of sp³-hybridized carbons (Fsp3) is 0.286. The van der Waals surface area contributed by atoms with Gasteiger partial charge >= 0.3 is 0 Å². The van der Waals surface area contributed by atoms with Gasteiger partial charge in [-0.2, -0.15) is 4.98 Å². The molecule has 0 bridgehead atoms. The zero-order valence-corrected chi connectivity index (χ0v) is 11.1. The second-order valence-corrected chi connectivity index (χ2v) is 4.10. The van der Waals surface area contributed by atoms with Crippen molar-refractivity contribution >= 4 is 5.95 Å². The summed E-state index contributed by atoms with van der Waals surface area (Å²) in [5.74, 6) is 1.72. The van der Waals surface area contributed by atoms with Gasteiger partial charge in [-0.15, -0.1) is 0 Å². The Bertz CT molecular complexity index is 558. The van der Waals surface area contributed by atoms with Crippen LogP contribution in [0.3, 0.4) is 0 Å². The monoisotopic (exact) mass is 259 g/mol. The molecule has 2 N–H and O–H groups in total. The van der Waals surface area contributed by atoms with Crippen LogP contribution in [0.5, 0.6) is 11.6 Å². The molecule has 100 valence electrons. The van der Waals surface area contributed by atoms with E-state index in [-0.39, 0.29) is 6.61 Å². The number of nitrogens with one attached hydrogen (secondary N) is 1. The number of aryl methyl sites for hydroxylation is 1. The van der Waals surface area contributed by atoms with Crippen molar-refractivity contribution in [2.45, 2.75) is 13.3 Å². The minimum atomic E-state index is 0.0882. The Morgan fingerprint density at radius 1 is 1.26 bits per heavy atom. The molecule has 0 aliphatic heterocycles. The minimum absolute atomic E-state index is 0.0882. The van der Waals surface area contributed by atoms with Crippen LogP contribution in [0.2, 0.25) is 0 Å². The highest BCUT2D eigenvalue weighted by molar-refractivity contribution is 5.38. The second-order valence-electron chi connectivity index (χ2n) is 4.10. The zero-order valence-electron chi connectivity index (χ0n) is 11.1. The zero-order chi connectivity index (χ0) is 13.7. The Hall–Kier alpha value is -2.14. The molecule has 1 heterocycles. The highest BCUT2D eigenvalue weighted by Gasteiger charge is 2.07. The average Bonchev–Trinajstić information content (AvgIpc) is 2.40. The van der Waals surface area contributed by atoms with Crippen molar-refractivity contribution in [2.24, 2.45) is 0 Å². The van der Waals surface area contributed by atoms with Crippen molar-refractivity contribution < 1.29 is 9.84 Å². The van der Waals surface area contributed by atoms with Gasteiger partial charge in [-0.25, -0.2) is 4.98 Å². The van der Waals surface area contributed by atoms with Crippen molar-refractivity contribution in [2.75, 3.05) is 19.0 Å². The summed E-state index contributed by atoms with van der Waals surface area (Å²) in [6.45, 7) is 1.97. The molecule has 0 aliphatic rings. The first-order valence-corrected chi connectivity index (χ1v) is 6.13. The van der Waals surface area contributed by atoms with Crippen LogP contribution >= 0.6 is 0 Å². The van der Waals surface area contributed by atoms with Crippen LogP contribution in [0.1, 0.15) is 11.3 Å². The van der Waals surface area contributed by atoms with Gasteiger partial charge in [0.1, 0.15) is 5.75 Å². The third-order valence-corrected chi connectivity index (χ3v) is 2.62. The van der Waals surface area contributed by atoms with E-state index in [0.29, 0.717) is 24.0 Å². The van der Waals surface area contributed by atoms with Crippen molar-refractivity contribution in [1.82, 2.24) is 9.97 Å². The van der Waals surface area contributed by atoms with E-state index < -0.39 is 0 Å². The maximum atomic E-state index is 9.05. The molecule has 0 unspecified atom stereocenters. The summed E-state index contributed by atoms with van der Waals surface area (Å²) in [5, 5.41) is 11.9. The van der Waals surface area contributed by atoms with E-state index in [0.717, 1.165) is 11.3 Å². The first-order chi connectivity index (χ1) is 9.22. The lowest BCUT2D eigenvalue weighted by molar-refractivity contribution is 0.297. The average molecular weight is 259 g/mol. The fourth-order valence-corrected chi connectivity index (χ4v) is 1.75. The van der Waals surface area contributed by atoms with Gasteiger partial charge in [0.2, 0.25) is 11.8 Å². The van der Waals surface area contributed by atoms with Gasteiger partial charge < -0.3 is 15.2 Å². The maximum Gasteiger partial charge on any atom is 0.225 e. The van der Waals surface area contributed by atoms with Crippen LogP contribution in [0.25, 0.3) is 0 Å². The molecule has 2 rings (SSSR count). The van der Waals surface area contributed by atoms with Gasteiger partial charge in [0.15, 0.2) is 0 Å². The lowest BCUT2D eigenvalue weighted by Crippen LogP contribution is -2.01. The lowest BCUT2D eigenvalue weighted by Gasteiger charge is -2.10. The largest absolute Gasteiger partial charge is 0.439 e. The standard InChI is InChI=1S/C14H17N3O2/c1-10-9-13(17-14(15-2)16-10)19-12-6-4-3-5-11(12)7-8-18/h3-6,9,18H,7-8H2,1-2H3,(H,15,16,17). The quantitative estimate of drug-likeness (QED) is 0.861. The molecule has 0 saturated carbocycles. The molecule has 0 amide bonds. The normalized spacial score (nSPS) is 10.3. The number of hydrogen-bond acceptors (Lipinski definition) is 5. The first kappa shape index (κ1) is 13.3. The predicted molar refractivity (Wildman–Crippen MR) is 73.6 cm³/mol. The summed E-state index contributed by atoms with van der Waals surface area (Å²) in [6.07, 6.45) is 0.555. The van der Waals surface area contributed by atoms with E-state index in [2.05, 4.69) is 15.3 Å². The van der Waals surface area contributed by atoms with Crippen molar-refractivity contribution in [3.63, 3.8) is 0 Å². The molecule has 5 nitrogen and oxygen atoms in total. The van der Waals surface area contributed by atoms with Crippen LogP contribution in [0, 0.1) is 6.92 Å². The maximum absolute atomic E-state index is 9.05. The van der Waals surface area contributed by atoms with Gasteiger partial charge in [-0.1, -0.05) is 18.2 Å². The predicted octanol–water partition coefficient (Wildman–Crippen LogP) is 2.15.